The van der Waals surface area contributed by atoms with Crippen molar-refractivity contribution in [3.63, 3.8) is 0 Å². The molecule has 2 aliphatic heterocycles. The first-order valence-corrected chi connectivity index (χ1v) is 25.4. The van der Waals surface area contributed by atoms with E-state index in [1.54, 1.807) is 0 Å². The van der Waals surface area contributed by atoms with Gasteiger partial charge in [-0.25, -0.2) is 0 Å². The number of nitrogens with two attached hydrogens (primary N) is 2. The van der Waals surface area contributed by atoms with Crippen molar-refractivity contribution >= 4 is 70.9 Å². The Balaban J connectivity index is 2.19. The number of carbonyl (C=O) groups excluding carboxylic acids is 11. The summed E-state index contributed by atoms with van der Waals surface area (Å²) in [5.41, 5.74) is 10.7. The van der Waals surface area contributed by atoms with Crippen molar-refractivity contribution in [2.75, 3.05) is 32.8 Å². The summed E-state index contributed by atoms with van der Waals surface area (Å²) in [4.78, 5) is 151. The molecule has 80 heavy (non-hydrogen) atoms. The van der Waals surface area contributed by atoms with Crippen LogP contribution in [-0.4, -0.2) is 238 Å². The van der Waals surface area contributed by atoms with Gasteiger partial charge in [-0.15, -0.1) is 0 Å². The molecule has 2 aliphatic rings. The Morgan fingerprint density at radius 1 is 0.575 bits per heavy atom. The number of rotatable bonds is 32. The van der Waals surface area contributed by atoms with Crippen LogP contribution in [0.4, 0.5) is 0 Å². The number of amides is 11. The first-order chi connectivity index (χ1) is 37.4. The Morgan fingerprint density at radius 3 is 1.70 bits per heavy atom. The van der Waals surface area contributed by atoms with Gasteiger partial charge in [-0.3, -0.25) is 57.5 Å². The van der Waals surface area contributed by atoms with Gasteiger partial charge in [0.1, 0.15) is 91.1 Å². The molecule has 20 N–H and O–H groups in total. The number of aliphatic carboxylic acids is 1. The number of aliphatic hydroxyl groups is 5. The summed E-state index contributed by atoms with van der Waals surface area (Å²) >= 11 is 0. The van der Waals surface area contributed by atoms with E-state index < -0.39 is 207 Å². The van der Waals surface area contributed by atoms with Gasteiger partial charge in [0.25, 0.3) is 0 Å². The maximum absolute atomic E-state index is 13.6. The molecule has 0 aromatic rings. The number of carbonyl (C=O) groups is 12. The molecular weight excluding hydrogens is 1070 g/mol. The number of ether oxygens (including phenoxy) is 4. The molecule has 34 nitrogen and oxygen atoms in total. The molecule has 2 heterocycles. The number of carboxylic acid groups (broad SMARTS) is 1. The number of aliphatic hydroxyl groups excluding tert-OH is 5. The minimum absolute atomic E-state index is 0.0345. The number of hydrogen-bond acceptors (Lipinski definition) is 22. The molecule has 2 fully saturated rings. The third-order valence-corrected chi connectivity index (χ3v) is 12.3. The zero-order valence-corrected chi connectivity index (χ0v) is 45.3. The predicted octanol–water partition coefficient (Wildman–Crippen LogP) is -10.00. The molecule has 0 aliphatic carbocycles. The maximum Gasteiger partial charge on any atom is 0.325 e. The lowest BCUT2D eigenvalue weighted by molar-refractivity contribution is -0.333. The van der Waals surface area contributed by atoms with Gasteiger partial charge in [0.2, 0.25) is 65.0 Å². The lowest BCUT2D eigenvalue weighted by Crippen LogP contribution is -2.70. The van der Waals surface area contributed by atoms with E-state index >= 15 is 0 Å². The number of unbranched alkanes of at least 4 members (excludes halogenated alkanes) is 1. The van der Waals surface area contributed by atoms with Crippen LogP contribution in [0.5, 0.6) is 0 Å². The van der Waals surface area contributed by atoms with Crippen molar-refractivity contribution in [1.82, 2.24) is 53.2 Å². The van der Waals surface area contributed by atoms with E-state index in [0.29, 0.717) is 0 Å². The first-order valence-electron chi connectivity index (χ1n) is 25.4. The third kappa shape index (κ3) is 22.4. The van der Waals surface area contributed by atoms with Gasteiger partial charge >= 0.3 is 5.97 Å². The van der Waals surface area contributed by atoms with Crippen LogP contribution in [-0.2, 0) is 76.5 Å². The van der Waals surface area contributed by atoms with Crippen LogP contribution >= 0.6 is 0 Å². The molecule has 0 spiro atoms. The lowest BCUT2D eigenvalue weighted by Gasteiger charge is -2.48. The molecule has 17 atom stereocenters. The van der Waals surface area contributed by atoms with Crippen molar-refractivity contribution in [3.05, 3.63) is 0 Å². The molecule has 0 bridgehead atoms. The van der Waals surface area contributed by atoms with Crippen LogP contribution < -0.4 is 64.6 Å². The van der Waals surface area contributed by atoms with E-state index in [1.165, 1.54) is 34.6 Å². The molecule has 11 amide bonds. The van der Waals surface area contributed by atoms with E-state index in [4.69, 9.17) is 30.4 Å². The summed E-state index contributed by atoms with van der Waals surface area (Å²) in [6.07, 6.45) is -15.8. The van der Waals surface area contributed by atoms with E-state index in [-0.39, 0.29) is 32.4 Å². The molecule has 454 valence electrons. The molecule has 0 radical (unpaired) electrons. The summed E-state index contributed by atoms with van der Waals surface area (Å²) in [6.45, 7) is 5.91. The van der Waals surface area contributed by atoms with Crippen LogP contribution in [0.25, 0.3) is 0 Å². The zero-order valence-electron chi connectivity index (χ0n) is 45.3. The Bertz CT molecular complexity index is 2180. The Morgan fingerprint density at radius 2 is 1.14 bits per heavy atom. The normalized spacial score (nSPS) is 25.2. The molecule has 2 rings (SSSR count). The van der Waals surface area contributed by atoms with Crippen LogP contribution in [0.1, 0.15) is 80.6 Å². The van der Waals surface area contributed by atoms with Gasteiger partial charge in [0, 0.05) is 26.8 Å². The van der Waals surface area contributed by atoms with Gasteiger partial charge in [-0.05, 0) is 60.3 Å². The molecule has 0 aromatic carbocycles. The minimum atomic E-state index is -1.91. The fraction of sp³-hybridized carbons (Fsp3) is 0.739. The van der Waals surface area contributed by atoms with Gasteiger partial charge in [0.05, 0.1) is 26.3 Å². The number of primary amides is 1. The quantitative estimate of drug-likeness (QED) is 0.0278. The van der Waals surface area contributed by atoms with E-state index in [9.17, 15) is 88.2 Å². The average molecular weight is 1150 g/mol. The summed E-state index contributed by atoms with van der Waals surface area (Å²) in [5.74, 6) is -10.4. The molecule has 17 unspecified atom stereocenters. The van der Waals surface area contributed by atoms with E-state index in [2.05, 4.69) is 53.2 Å². The van der Waals surface area contributed by atoms with Gasteiger partial charge in [0.15, 0.2) is 12.6 Å². The highest BCUT2D eigenvalue weighted by Gasteiger charge is 2.53. The highest BCUT2D eigenvalue weighted by atomic mass is 16.7. The van der Waals surface area contributed by atoms with Crippen LogP contribution in [0.3, 0.4) is 0 Å². The number of hydrogen-bond donors (Lipinski definition) is 18. The van der Waals surface area contributed by atoms with Crippen molar-refractivity contribution in [2.24, 2.45) is 11.5 Å². The smallest absolute Gasteiger partial charge is 0.325 e. The molecular formula is C46H78N12O22. The van der Waals surface area contributed by atoms with Crippen molar-refractivity contribution < 1.29 is 107 Å². The Labute approximate surface area is 458 Å². The minimum Gasteiger partial charge on any atom is -0.480 e. The van der Waals surface area contributed by atoms with E-state index in [0.717, 1.165) is 13.8 Å². The topological polar surface area (TPSA) is 535 Å². The van der Waals surface area contributed by atoms with Crippen molar-refractivity contribution in [1.29, 1.82) is 0 Å². The zero-order chi connectivity index (χ0) is 60.7. The summed E-state index contributed by atoms with van der Waals surface area (Å²) < 4.78 is 23.2. The number of carboxylic acids is 1. The third-order valence-electron chi connectivity index (χ3n) is 12.3. The second kappa shape index (κ2) is 33.7. The van der Waals surface area contributed by atoms with Crippen LogP contribution in [0.2, 0.25) is 0 Å². The SMILES string of the molecule is CC(=O)NC1C(OC2C(CO)OC(O)C(NC(C)=O)C2OC(C)C(=O)NC(C)C(=O)NC(CCC(=O)NC(CCCCNC(=O)C(C)NC(=O)CNC(=O)CN)C(=O)NC(C)C(=O)NC(C)C(=O)O)C(N)=O)OC(CO)C(O)C1O. The highest BCUT2D eigenvalue weighted by Crippen LogP contribution is 2.31. The fourth-order valence-electron chi connectivity index (χ4n) is 7.84. The highest BCUT2D eigenvalue weighted by molar-refractivity contribution is 5.94. The lowest BCUT2D eigenvalue weighted by atomic mass is 9.94. The predicted molar refractivity (Wildman–Crippen MR) is 269 cm³/mol. The van der Waals surface area contributed by atoms with Crippen LogP contribution in [0.15, 0.2) is 0 Å². The standard InChI is InChI=1S/C46H78N12O22/c1-18(51-31(65)15-50-30(64)14-47)39(69)49-13-9-8-10-26(43(73)53-19(2)40(70)54-21(4)44(74)75)57-29(63)12-11-25(38(48)68)58-41(71)20(3)52-42(72)22(5)77-37-33(56-24(7)62)45(76)78-28(17-60)36(37)80-46-32(55-23(6)61)35(67)34(66)27(16-59)79-46/h18-22,25-28,32-37,45-46,59-60,66-67,76H,8-17,47H2,1-7H3,(H2,48,68)(H,49,69)(H,50,64)(H,51,65)(H,52,72)(H,53,73)(H,54,70)(H,55,61)(H,56,62)(H,57,63)(H,58,71)(H,74,75). The van der Waals surface area contributed by atoms with Gasteiger partial charge < -0.3 is 114 Å². The van der Waals surface area contributed by atoms with Gasteiger partial charge in [-0.2, -0.15) is 0 Å². The van der Waals surface area contributed by atoms with Gasteiger partial charge in [-0.1, -0.05) is 0 Å². The van der Waals surface area contributed by atoms with Crippen LogP contribution in [0, 0.1) is 0 Å². The first kappa shape index (κ1) is 69.3. The summed E-state index contributed by atoms with van der Waals surface area (Å²) in [6, 6.07) is -11.1. The molecule has 2 saturated heterocycles. The second-order valence-electron chi connectivity index (χ2n) is 19.0. The largest absolute Gasteiger partial charge is 0.480 e. The number of nitrogens with one attached hydrogen (secondary N) is 10. The molecule has 34 heteroatoms. The maximum atomic E-state index is 13.6. The fourth-order valence-corrected chi connectivity index (χ4v) is 7.84. The second-order valence-corrected chi connectivity index (χ2v) is 19.0. The summed E-state index contributed by atoms with van der Waals surface area (Å²) in [7, 11) is 0. The van der Waals surface area contributed by atoms with E-state index in [1.807, 2.05) is 0 Å². The average Bonchev–Trinajstić information content (AvgIpc) is 3.38. The van der Waals surface area contributed by atoms with Crippen molar-refractivity contribution in [2.45, 2.75) is 184 Å². The summed E-state index contributed by atoms with van der Waals surface area (Å²) in [5, 5.41) is 85.4. The van der Waals surface area contributed by atoms with Crippen molar-refractivity contribution in [3.8, 4) is 0 Å². The molecule has 0 aromatic heterocycles. The Kier molecular flexibility index (Phi) is 29.2. The monoisotopic (exact) mass is 1150 g/mol. The molecule has 0 saturated carbocycles. The Hall–Kier alpha value is -6.76.